The molecule has 0 bridgehead atoms. The van der Waals surface area contributed by atoms with E-state index in [2.05, 4.69) is 24.8 Å². The average molecular weight is 291 g/mol. The molecule has 0 spiro atoms. The Bertz CT molecular complexity index is 467. The van der Waals surface area contributed by atoms with Gasteiger partial charge in [-0.25, -0.2) is 0 Å². The van der Waals surface area contributed by atoms with Gasteiger partial charge in [-0.1, -0.05) is 6.07 Å². The Balaban J connectivity index is 1.70. The molecule has 0 saturated carbocycles. The van der Waals surface area contributed by atoms with Crippen molar-refractivity contribution in [2.45, 2.75) is 33.1 Å². The smallest absolute Gasteiger partial charge is 0.307 e. The maximum Gasteiger partial charge on any atom is 0.307 e. The van der Waals surface area contributed by atoms with Crippen molar-refractivity contribution in [2.75, 3.05) is 26.2 Å². The minimum Gasteiger partial charge on any atom is -0.494 e. The number of likely N-dealkylation sites (tertiary alicyclic amines) is 1. The van der Waals surface area contributed by atoms with Crippen molar-refractivity contribution in [1.82, 2.24) is 4.90 Å². The number of benzene rings is 1. The van der Waals surface area contributed by atoms with E-state index in [0.29, 0.717) is 13.2 Å². The van der Waals surface area contributed by atoms with Crippen molar-refractivity contribution in [3.63, 3.8) is 0 Å². The molecular weight excluding hydrogens is 266 g/mol. The number of piperidine rings is 1. The predicted molar refractivity (Wildman–Crippen MR) is 82.8 cm³/mol. The van der Waals surface area contributed by atoms with Gasteiger partial charge in [0, 0.05) is 13.1 Å². The fourth-order valence-electron chi connectivity index (χ4n) is 2.95. The van der Waals surface area contributed by atoms with E-state index in [1.807, 2.05) is 12.1 Å². The molecule has 4 heteroatoms. The van der Waals surface area contributed by atoms with E-state index in [0.717, 1.165) is 38.1 Å². The van der Waals surface area contributed by atoms with Crippen LogP contribution in [0.2, 0.25) is 0 Å². The monoisotopic (exact) mass is 291 g/mol. The second-order valence-corrected chi connectivity index (χ2v) is 6.00. The molecule has 0 amide bonds. The Morgan fingerprint density at radius 2 is 2.05 bits per heavy atom. The summed E-state index contributed by atoms with van der Waals surface area (Å²) in [4.78, 5) is 13.3. The molecule has 2 rings (SSSR count). The first kappa shape index (κ1) is 15.8. The third-order valence-corrected chi connectivity index (χ3v) is 3.94. The van der Waals surface area contributed by atoms with E-state index in [4.69, 9.17) is 9.84 Å². The van der Waals surface area contributed by atoms with Crippen LogP contribution in [0.15, 0.2) is 18.2 Å². The van der Waals surface area contributed by atoms with Gasteiger partial charge in [0.1, 0.15) is 5.75 Å². The lowest BCUT2D eigenvalue weighted by Gasteiger charge is -2.30. The lowest BCUT2D eigenvalue weighted by molar-refractivity contribution is -0.143. The summed E-state index contributed by atoms with van der Waals surface area (Å²) in [6.45, 7) is 7.41. The summed E-state index contributed by atoms with van der Waals surface area (Å²) in [5, 5.41) is 9.08. The first-order chi connectivity index (χ1) is 10.0. The minimum atomic E-state index is -0.661. The lowest BCUT2D eigenvalue weighted by atomic mass is 9.98. The molecule has 1 aromatic rings. The van der Waals surface area contributed by atoms with E-state index in [1.54, 1.807) is 0 Å². The molecule has 4 nitrogen and oxygen atoms in total. The Labute approximate surface area is 126 Å². The molecule has 0 aromatic heterocycles. The number of hydrogen-bond donors (Lipinski definition) is 1. The van der Waals surface area contributed by atoms with Crippen LogP contribution in [0, 0.1) is 19.8 Å². The van der Waals surface area contributed by atoms with Gasteiger partial charge in [0.15, 0.2) is 0 Å². The summed E-state index contributed by atoms with van der Waals surface area (Å²) in [5.74, 6) is 0.0693. The van der Waals surface area contributed by atoms with Crippen molar-refractivity contribution in [1.29, 1.82) is 0 Å². The average Bonchev–Trinajstić information content (AvgIpc) is 2.43. The van der Waals surface area contributed by atoms with Gasteiger partial charge in [-0.3, -0.25) is 4.79 Å². The van der Waals surface area contributed by atoms with Gasteiger partial charge in [-0.05, 0) is 62.9 Å². The molecule has 1 aromatic carbocycles. The molecule has 1 N–H and O–H groups in total. The number of nitrogens with zero attached hydrogens (tertiary/aromatic N) is 1. The molecule has 1 heterocycles. The number of aryl methyl sites for hydroxylation is 2. The van der Waals surface area contributed by atoms with Gasteiger partial charge in [-0.2, -0.15) is 0 Å². The zero-order valence-corrected chi connectivity index (χ0v) is 13.0. The molecule has 0 aliphatic carbocycles. The Kier molecular flexibility index (Phi) is 5.62. The highest BCUT2D eigenvalue weighted by atomic mass is 16.5. The van der Waals surface area contributed by atoms with Crippen LogP contribution in [0.1, 0.15) is 30.4 Å². The molecular formula is C17H25NO3. The molecule has 1 aliphatic rings. The number of rotatable bonds is 6. The van der Waals surface area contributed by atoms with E-state index in [9.17, 15) is 4.79 Å². The molecule has 116 valence electrons. The minimum absolute atomic E-state index is 0.195. The summed E-state index contributed by atoms with van der Waals surface area (Å²) in [6.07, 6.45) is 2.72. The van der Waals surface area contributed by atoms with Crippen molar-refractivity contribution in [3.05, 3.63) is 29.3 Å². The quantitative estimate of drug-likeness (QED) is 0.819. The fraction of sp³-hybridized carbons (Fsp3) is 0.588. The zero-order chi connectivity index (χ0) is 15.2. The van der Waals surface area contributed by atoms with Crippen LogP contribution in [-0.2, 0) is 4.79 Å². The van der Waals surface area contributed by atoms with Crippen LogP contribution < -0.4 is 4.74 Å². The summed E-state index contributed by atoms with van der Waals surface area (Å²) < 4.78 is 5.79. The maximum atomic E-state index is 11.0. The second-order valence-electron chi connectivity index (χ2n) is 6.00. The van der Waals surface area contributed by atoms with E-state index < -0.39 is 5.97 Å². The first-order valence-electron chi connectivity index (χ1n) is 7.71. The third-order valence-electron chi connectivity index (χ3n) is 3.94. The van der Waals surface area contributed by atoms with Crippen LogP contribution in [0.25, 0.3) is 0 Å². The van der Waals surface area contributed by atoms with Crippen LogP contribution in [0.3, 0.4) is 0 Å². The van der Waals surface area contributed by atoms with Gasteiger partial charge in [0.2, 0.25) is 0 Å². The topological polar surface area (TPSA) is 49.8 Å². The molecule has 1 saturated heterocycles. The standard InChI is InChI=1S/C17H25NO3/c1-13-9-14(2)11-16(10-13)21-8-4-7-18-6-3-5-15(12-18)17(19)20/h9-11,15H,3-8,12H2,1-2H3,(H,19,20)/t15-/m0/s1. The normalized spacial score (nSPS) is 19.4. The van der Waals surface area contributed by atoms with Crippen LogP contribution >= 0.6 is 0 Å². The van der Waals surface area contributed by atoms with Crippen LogP contribution in [0.4, 0.5) is 0 Å². The van der Waals surface area contributed by atoms with Gasteiger partial charge >= 0.3 is 5.97 Å². The van der Waals surface area contributed by atoms with E-state index in [1.165, 1.54) is 11.1 Å². The molecule has 1 aliphatic heterocycles. The SMILES string of the molecule is Cc1cc(C)cc(OCCCN2CCC[C@H](C(=O)O)C2)c1. The van der Waals surface area contributed by atoms with E-state index >= 15 is 0 Å². The van der Waals surface area contributed by atoms with Gasteiger partial charge in [0.25, 0.3) is 0 Å². The zero-order valence-electron chi connectivity index (χ0n) is 13.0. The van der Waals surface area contributed by atoms with Gasteiger partial charge in [-0.15, -0.1) is 0 Å². The Morgan fingerprint density at radius 1 is 1.33 bits per heavy atom. The molecule has 0 unspecified atom stereocenters. The highest BCUT2D eigenvalue weighted by Gasteiger charge is 2.24. The summed E-state index contributed by atoms with van der Waals surface area (Å²) in [7, 11) is 0. The molecule has 0 radical (unpaired) electrons. The number of carboxylic acids is 1. The summed E-state index contributed by atoms with van der Waals surface area (Å²) in [5.41, 5.74) is 2.43. The summed E-state index contributed by atoms with van der Waals surface area (Å²) >= 11 is 0. The Hall–Kier alpha value is -1.55. The number of hydrogen-bond acceptors (Lipinski definition) is 3. The predicted octanol–water partition coefficient (Wildman–Crippen LogP) is 2.87. The van der Waals surface area contributed by atoms with Crippen molar-refractivity contribution < 1.29 is 14.6 Å². The first-order valence-corrected chi connectivity index (χ1v) is 7.71. The van der Waals surface area contributed by atoms with Gasteiger partial charge < -0.3 is 14.7 Å². The fourth-order valence-corrected chi connectivity index (χ4v) is 2.95. The highest BCUT2D eigenvalue weighted by Crippen LogP contribution is 2.18. The van der Waals surface area contributed by atoms with Crippen molar-refractivity contribution in [3.8, 4) is 5.75 Å². The van der Waals surface area contributed by atoms with E-state index in [-0.39, 0.29) is 5.92 Å². The van der Waals surface area contributed by atoms with Crippen molar-refractivity contribution in [2.24, 2.45) is 5.92 Å². The molecule has 21 heavy (non-hydrogen) atoms. The highest BCUT2D eigenvalue weighted by molar-refractivity contribution is 5.70. The van der Waals surface area contributed by atoms with Crippen molar-refractivity contribution >= 4 is 5.97 Å². The summed E-state index contributed by atoms with van der Waals surface area (Å²) in [6, 6.07) is 6.23. The number of carboxylic acid groups (broad SMARTS) is 1. The van der Waals surface area contributed by atoms with Crippen LogP contribution in [-0.4, -0.2) is 42.2 Å². The Morgan fingerprint density at radius 3 is 2.71 bits per heavy atom. The third kappa shape index (κ3) is 5.05. The number of aliphatic carboxylic acids is 1. The van der Waals surface area contributed by atoms with Crippen LogP contribution in [0.5, 0.6) is 5.75 Å². The number of ether oxygens (including phenoxy) is 1. The molecule has 1 atom stereocenters. The number of carbonyl (C=O) groups is 1. The second kappa shape index (κ2) is 7.46. The molecule has 1 fully saturated rings. The van der Waals surface area contributed by atoms with Gasteiger partial charge in [0.05, 0.1) is 12.5 Å². The lowest BCUT2D eigenvalue weighted by Crippen LogP contribution is -2.39. The largest absolute Gasteiger partial charge is 0.494 e. The maximum absolute atomic E-state index is 11.0.